The van der Waals surface area contributed by atoms with Crippen molar-refractivity contribution in [1.82, 2.24) is 5.32 Å². The summed E-state index contributed by atoms with van der Waals surface area (Å²) in [5.74, 6) is -0.697. The number of imide groups is 1. The molecule has 0 aromatic heterocycles. The Morgan fingerprint density at radius 1 is 0.920 bits per heavy atom. The van der Waals surface area contributed by atoms with E-state index in [0.717, 1.165) is 0 Å². The molecule has 0 radical (unpaired) electrons. The highest BCUT2D eigenvalue weighted by Gasteiger charge is 2.26. The summed E-state index contributed by atoms with van der Waals surface area (Å²) in [4.78, 5) is 23.4. The van der Waals surface area contributed by atoms with Crippen molar-refractivity contribution in [3.05, 3.63) is 27.4 Å². The van der Waals surface area contributed by atoms with Gasteiger partial charge >= 0.3 is 6.03 Å². The smallest absolute Gasteiger partial charge is 0.319 e. The number of primary amides is 1. The van der Waals surface area contributed by atoms with Crippen LogP contribution in [-0.4, -0.2) is 57.8 Å². The van der Waals surface area contributed by atoms with Gasteiger partial charge in [-0.15, -0.1) is 0 Å². The standard InChI is InChI=1S/C14H17I3N2O6/c15-10-7(1-5(22)3-20)11(16)9(13(24)19-14(18)25)12(17)8(10)2-6(23)4-21/h5-6,20-23H,1-4H2,(H3,18,19,24,25). The lowest BCUT2D eigenvalue weighted by Crippen LogP contribution is -2.36. The van der Waals surface area contributed by atoms with Crippen LogP contribution in [-0.2, 0) is 12.8 Å². The number of hydrogen-bond acceptors (Lipinski definition) is 6. The molecule has 140 valence electrons. The van der Waals surface area contributed by atoms with Gasteiger partial charge in [0.25, 0.3) is 5.91 Å². The van der Waals surface area contributed by atoms with Gasteiger partial charge in [0.2, 0.25) is 0 Å². The number of amides is 3. The summed E-state index contributed by atoms with van der Waals surface area (Å²) in [6.07, 6.45) is -1.87. The van der Waals surface area contributed by atoms with Gasteiger partial charge in [0.05, 0.1) is 31.0 Å². The molecule has 0 bridgehead atoms. The molecule has 0 aliphatic heterocycles. The van der Waals surface area contributed by atoms with Gasteiger partial charge in [-0.1, -0.05) is 0 Å². The Bertz CT molecular complexity index is 631. The molecule has 0 saturated carbocycles. The van der Waals surface area contributed by atoms with Crippen LogP contribution in [0.25, 0.3) is 0 Å². The zero-order valence-electron chi connectivity index (χ0n) is 12.8. The Hall–Kier alpha value is 0.190. The van der Waals surface area contributed by atoms with Gasteiger partial charge in [-0.2, -0.15) is 0 Å². The maximum atomic E-state index is 12.4. The third-order valence-electron chi connectivity index (χ3n) is 3.26. The molecular formula is C14H17I3N2O6. The molecule has 7 N–H and O–H groups in total. The number of carbonyl (C=O) groups excluding carboxylic acids is 2. The van der Waals surface area contributed by atoms with Crippen molar-refractivity contribution in [3.63, 3.8) is 0 Å². The van der Waals surface area contributed by atoms with Gasteiger partial charge < -0.3 is 26.2 Å². The first-order chi connectivity index (χ1) is 11.6. The van der Waals surface area contributed by atoms with Crippen LogP contribution in [0.2, 0.25) is 0 Å². The van der Waals surface area contributed by atoms with E-state index in [1.165, 1.54) is 0 Å². The Balaban J connectivity index is 3.58. The average molecular weight is 690 g/mol. The monoisotopic (exact) mass is 690 g/mol. The summed E-state index contributed by atoms with van der Waals surface area (Å²) in [5, 5.41) is 39.8. The van der Waals surface area contributed by atoms with E-state index < -0.39 is 37.4 Å². The summed E-state index contributed by atoms with van der Waals surface area (Å²) in [7, 11) is 0. The molecule has 8 nitrogen and oxygen atoms in total. The van der Waals surface area contributed by atoms with Gasteiger partial charge in [0.15, 0.2) is 0 Å². The molecule has 0 saturated heterocycles. The highest BCUT2D eigenvalue weighted by atomic mass is 127. The molecule has 0 heterocycles. The third kappa shape index (κ3) is 6.10. The molecule has 0 spiro atoms. The largest absolute Gasteiger partial charge is 0.394 e. The van der Waals surface area contributed by atoms with E-state index in [-0.39, 0.29) is 18.4 Å². The van der Waals surface area contributed by atoms with Gasteiger partial charge in [-0.25, -0.2) is 4.79 Å². The Morgan fingerprint density at radius 3 is 1.64 bits per heavy atom. The number of rotatable bonds is 7. The second-order valence-electron chi connectivity index (χ2n) is 5.17. The number of hydrogen-bond donors (Lipinski definition) is 6. The van der Waals surface area contributed by atoms with Crippen molar-refractivity contribution < 1.29 is 30.0 Å². The second kappa shape index (κ2) is 10.5. The number of nitrogens with one attached hydrogen (secondary N) is 1. The molecule has 1 aromatic rings. The van der Waals surface area contributed by atoms with E-state index in [0.29, 0.717) is 21.8 Å². The molecule has 3 amide bonds. The van der Waals surface area contributed by atoms with Crippen molar-refractivity contribution in [3.8, 4) is 0 Å². The predicted octanol–water partition coefficient (Wildman–Crippen LogP) is 0.100. The highest BCUT2D eigenvalue weighted by molar-refractivity contribution is 14.1. The van der Waals surface area contributed by atoms with E-state index in [1.54, 1.807) is 0 Å². The lowest BCUT2D eigenvalue weighted by Gasteiger charge is -2.21. The van der Waals surface area contributed by atoms with Crippen LogP contribution < -0.4 is 11.1 Å². The number of nitrogens with two attached hydrogens (primary N) is 1. The topological polar surface area (TPSA) is 153 Å². The van der Waals surface area contributed by atoms with Crippen LogP contribution in [0.3, 0.4) is 0 Å². The van der Waals surface area contributed by atoms with Gasteiger partial charge in [-0.3, -0.25) is 10.1 Å². The fraction of sp³-hybridized carbons (Fsp3) is 0.429. The van der Waals surface area contributed by atoms with Gasteiger partial charge in [0, 0.05) is 23.6 Å². The van der Waals surface area contributed by atoms with Crippen LogP contribution in [0.1, 0.15) is 21.5 Å². The minimum atomic E-state index is -1.02. The van der Waals surface area contributed by atoms with E-state index in [1.807, 2.05) is 73.1 Å². The summed E-state index contributed by atoms with van der Waals surface area (Å²) >= 11 is 5.91. The maximum Gasteiger partial charge on any atom is 0.319 e. The summed E-state index contributed by atoms with van der Waals surface area (Å²) in [5.41, 5.74) is 6.43. The van der Waals surface area contributed by atoms with Crippen LogP contribution in [0.15, 0.2) is 0 Å². The van der Waals surface area contributed by atoms with Crippen molar-refractivity contribution in [1.29, 1.82) is 0 Å². The number of halogens is 3. The molecule has 0 aliphatic rings. The van der Waals surface area contributed by atoms with Crippen molar-refractivity contribution in [2.24, 2.45) is 5.73 Å². The number of aliphatic hydroxyl groups excluding tert-OH is 4. The number of benzene rings is 1. The van der Waals surface area contributed by atoms with E-state index >= 15 is 0 Å². The minimum Gasteiger partial charge on any atom is -0.394 e. The van der Waals surface area contributed by atoms with Crippen LogP contribution >= 0.6 is 67.8 Å². The number of aliphatic hydroxyl groups is 4. The Labute approximate surface area is 185 Å². The molecule has 0 aliphatic carbocycles. The quantitative estimate of drug-likeness (QED) is 0.224. The normalized spacial score (nSPS) is 13.4. The molecule has 11 heteroatoms. The fourth-order valence-corrected chi connectivity index (χ4v) is 6.64. The Kier molecular flexibility index (Phi) is 9.76. The average Bonchev–Trinajstić information content (AvgIpc) is 2.54. The molecule has 25 heavy (non-hydrogen) atoms. The lowest BCUT2D eigenvalue weighted by molar-refractivity contribution is 0.0929. The van der Waals surface area contributed by atoms with Crippen LogP contribution in [0.5, 0.6) is 0 Å². The lowest BCUT2D eigenvalue weighted by atomic mass is 9.97. The van der Waals surface area contributed by atoms with Gasteiger partial charge in [0.1, 0.15) is 0 Å². The number of carbonyl (C=O) groups is 2. The zero-order valence-corrected chi connectivity index (χ0v) is 19.3. The fourth-order valence-electron chi connectivity index (χ4n) is 2.11. The first-order valence-electron chi connectivity index (χ1n) is 7.00. The SMILES string of the molecule is NC(=O)NC(=O)c1c(I)c(CC(O)CO)c(I)c(CC(O)CO)c1I. The molecule has 2 atom stereocenters. The van der Waals surface area contributed by atoms with Crippen molar-refractivity contribution in [2.45, 2.75) is 25.0 Å². The number of urea groups is 1. The first kappa shape index (κ1) is 23.2. The molecular weight excluding hydrogens is 673 g/mol. The molecule has 0 fully saturated rings. The predicted molar refractivity (Wildman–Crippen MR) is 115 cm³/mol. The van der Waals surface area contributed by atoms with Gasteiger partial charge in [-0.05, 0) is 78.9 Å². The molecule has 2 unspecified atom stereocenters. The van der Waals surface area contributed by atoms with E-state index in [2.05, 4.69) is 0 Å². The molecule has 1 rings (SSSR count). The van der Waals surface area contributed by atoms with Crippen LogP contribution in [0, 0.1) is 10.7 Å². The molecule has 1 aromatic carbocycles. The summed E-state index contributed by atoms with van der Waals surface area (Å²) in [6, 6.07) is -0.996. The summed E-state index contributed by atoms with van der Waals surface area (Å²) < 4.78 is 1.74. The third-order valence-corrected chi connectivity index (χ3v) is 6.95. The van der Waals surface area contributed by atoms with Crippen molar-refractivity contribution in [2.75, 3.05) is 13.2 Å². The van der Waals surface area contributed by atoms with Crippen molar-refractivity contribution >= 4 is 79.7 Å². The minimum absolute atomic E-state index is 0.0863. The van der Waals surface area contributed by atoms with E-state index in [4.69, 9.17) is 15.9 Å². The maximum absolute atomic E-state index is 12.4. The summed E-state index contributed by atoms with van der Waals surface area (Å²) in [6.45, 7) is -0.898. The highest BCUT2D eigenvalue weighted by Crippen LogP contribution is 2.33. The first-order valence-corrected chi connectivity index (χ1v) is 10.2. The zero-order chi connectivity index (χ0) is 19.3. The van der Waals surface area contributed by atoms with Crippen LogP contribution in [0.4, 0.5) is 4.79 Å². The van der Waals surface area contributed by atoms with E-state index in [9.17, 15) is 19.8 Å². The second-order valence-corrected chi connectivity index (χ2v) is 8.41. The Morgan fingerprint density at radius 2 is 1.32 bits per heavy atom.